The van der Waals surface area contributed by atoms with Gasteiger partial charge in [0.25, 0.3) is 0 Å². The van der Waals surface area contributed by atoms with Gasteiger partial charge in [0.2, 0.25) is 11.8 Å². The fourth-order valence-electron chi connectivity index (χ4n) is 3.55. The molecule has 1 atom stereocenters. The molecule has 0 unspecified atom stereocenters. The van der Waals surface area contributed by atoms with Gasteiger partial charge in [-0.1, -0.05) is 41.9 Å². The van der Waals surface area contributed by atoms with Gasteiger partial charge < -0.3 is 10.2 Å². The van der Waals surface area contributed by atoms with Crippen molar-refractivity contribution in [2.45, 2.75) is 6.42 Å². The summed E-state index contributed by atoms with van der Waals surface area (Å²) in [6, 6.07) is 18.9. The molecule has 1 saturated heterocycles. The SMILES string of the molecule is O=C(c1ccccc1)c1cc(Cl)ccc1NC(=O)[C@H]1CC(=O)N(c2ccc(F)cc2)C1. The van der Waals surface area contributed by atoms with E-state index in [0.29, 0.717) is 22.0 Å². The standard InChI is InChI=1S/C24H18ClFN2O3/c25-17-6-11-21(20(13-17)23(30)15-4-2-1-3-5-15)27-24(31)16-12-22(29)28(14-16)19-9-7-18(26)8-10-19/h1-11,13,16H,12,14H2,(H,27,31)/t16-/m0/s1. The molecule has 0 saturated carbocycles. The third kappa shape index (κ3) is 4.49. The highest BCUT2D eigenvalue weighted by atomic mass is 35.5. The Hall–Kier alpha value is -3.51. The van der Waals surface area contributed by atoms with Gasteiger partial charge in [0.05, 0.1) is 11.6 Å². The van der Waals surface area contributed by atoms with E-state index in [0.717, 1.165) is 0 Å². The molecule has 1 aliphatic heterocycles. The van der Waals surface area contributed by atoms with Crippen molar-refractivity contribution in [3.8, 4) is 0 Å². The first kappa shape index (κ1) is 20.8. The lowest BCUT2D eigenvalue weighted by molar-refractivity contribution is -0.122. The Morgan fingerprint density at radius 2 is 1.71 bits per heavy atom. The molecule has 3 aromatic carbocycles. The van der Waals surface area contributed by atoms with Gasteiger partial charge in [0.15, 0.2) is 5.78 Å². The first-order valence-corrected chi connectivity index (χ1v) is 10.1. The zero-order chi connectivity index (χ0) is 22.0. The molecule has 5 nitrogen and oxygen atoms in total. The van der Waals surface area contributed by atoms with Gasteiger partial charge in [-0.3, -0.25) is 14.4 Å². The molecular formula is C24H18ClFN2O3. The summed E-state index contributed by atoms with van der Waals surface area (Å²) in [4.78, 5) is 39.7. The molecule has 0 radical (unpaired) electrons. The van der Waals surface area contributed by atoms with Crippen LogP contribution >= 0.6 is 11.6 Å². The smallest absolute Gasteiger partial charge is 0.229 e. The molecule has 1 N–H and O–H groups in total. The van der Waals surface area contributed by atoms with Crippen molar-refractivity contribution < 1.29 is 18.8 Å². The Morgan fingerprint density at radius 3 is 2.42 bits per heavy atom. The summed E-state index contributed by atoms with van der Waals surface area (Å²) in [5, 5.41) is 3.15. The third-order valence-corrected chi connectivity index (χ3v) is 5.39. The zero-order valence-corrected chi connectivity index (χ0v) is 17.1. The summed E-state index contributed by atoms with van der Waals surface area (Å²) in [7, 11) is 0. The molecule has 1 heterocycles. The maximum absolute atomic E-state index is 13.2. The van der Waals surface area contributed by atoms with Crippen LogP contribution in [-0.4, -0.2) is 24.1 Å². The summed E-state index contributed by atoms with van der Waals surface area (Å²) < 4.78 is 13.2. The maximum Gasteiger partial charge on any atom is 0.229 e. The van der Waals surface area contributed by atoms with Crippen LogP contribution in [0.25, 0.3) is 0 Å². The average molecular weight is 437 g/mol. The van der Waals surface area contributed by atoms with Crippen molar-refractivity contribution in [3.63, 3.8) is 0 Å². The molecule has 1 fully saturated rings. The van der Waals surface area contributed by atoms with Gasteiger partial charge in [0, 0.05) is 34.8 Å². The molecule has 0 bridgehead atoms. The first-order chi connectivity index (χ1) is 14.9. The van der Waals surface area contributed by atoms with Crippen molar-refractivity contribution in [3.05, 3.63) is 94.8 Å². The summed E-state index contributed by atoms with van der Waals surface area (Å²) in [6.07, 6.45) is 0.0266. The minimum Gasteiger partial charge on any atom is -0.325 e. The summed E-state index contributed by atoms with van der Waals surface area (Å²) in [5.41, 5.74) is 1.61. The maximum atomic E-state index is 13.2. The minimum absolute atomic E-state index is 0.0266. The summed E-state index contributed by atoms with van der Waals surface area (Å²) in [6.45, 7) is 0.172. The number of carbonyl (C=O) groups excluding carboxylic acids is 3. The second-order valence-electron chi connectivity index (χ2n) is 7.26. The van der Waals surface area contributed by atoms with Gasteiger partial charge in [-0.2, -0.15) is 0 Å². The molecular weight excluding hydrogens is 419 g/mol. The number of halogens is 2. The van der Waals surface area contributed by atoms with Crippen LogP contribution in [0.4, 0.5) is 15.8 Å². The van der Waals surface area contributed by atoms with Gasteiger partial charge in [0.1, 0.15) is 5.82 Å². The highest BCUT2D eigenvalue weighted by Gasteiger charge is 2.35. The topological polar surface area (TPSA) is 66.5 Å². The number of nitrogens with one attached hydrogen (secondary N) is 1. The van der Waals surface area contributed by atoms with Gasteiger partial charge >= 0.3 is 0 Å². The molecule has 156 valence electrons. The molecule has 3 aromatic rings. The fraction of sp³-hybridized carbons (Fsp3) is 0.125. The first-order valence-electron chi connectivity index (χ1n) is 9.68. The van der Waals surface area contributed by atoms with Gasteiger partial charge in [-0.15, -0.1) is 0 Å². The number of amides is 2. The predicted molar refractivity (Wildman–Crippen MR) is 117 cm³/mol. The van der Waals surface area contributed by atoms with Crippen molar-refractivity contribution in [1.29, 1.82) is 0 Å². The lowest BCUT2D eigenvalue weighted by Gasteiger charge is -2.17. The second kappa shape index (κ2) is 8.70. The van der Waals surface area contributed by atoms with Crippen LogP contribution in [-0.2, 0) is 9.59 Å². The number of hydrogen-bond donors (Lipinski definition) is 1. The van der Waals surface area contributed by atoms with E-state index < -0.39 is 11.7 Å². The Balaban J connectivity index is 1.53. The average Bonchev–Trinajstić information content (AvgIpc) is 3.17. The Morgan fingerprint density at radius 1 is 1.00 bits per heavy atom. The van der Waals surface area contributed by atoms with Gasteiger partial charge in [-0.25, -0.2) is 4.39 Å². The van der Waals surface area contributed by atoms with Crippen LogP contribution < -0.4 is 10.2 Å². The largest absolute Gasteiger partial charge is 0.325 e. The molecule has 0 aliphatic carbocycles. The van der Waals surface area contributed by atoms with Crippen molar-refractivity contribution in [1.82, 2.24) is 0 Å². The number of carbonyl (C=O) groups is 3. The van der Waals surface area contributed by atoms with Crippen LogP contribution in [0.2, 0.25) is 5.02 Å². The van der Waals surface area contributed by atoms with E-state index in [1.807, 2.05) is 0 Å². The Labute approximate surface area is 183 Å². The Kier molecular flexibility index (Phi) is 5.82. The molecule has 31 heavy (non-hydrogen) atoms. The number of anilines is 2. The third-order valence-electron chi connectivity index (χ3n) is 5.15. The molecule has 1 aliphatic rings. The van der Waals surface area contributed by atoms with E-state index >= 15 is 0 Å². The van der Waals surface area contributed by atoms with Crippen LogP contribution in [0.5, 0.6) is 0 Å². The number of benzene rings is 3. The summed E-state index contributed by atoms with van der Waals surface area (Å²) >= 11 is 6.09. The van der Waals surface area contributed by atoms with E-state index in [4.69, 9.17) is 11.6 Å². The van der Waals surface area contributed by atoms with E-state index in [1.165, 1.54) is 35.2 Å². The highest BCUT2D eigenvalue weighted by molar-refractivity contribution is 6.31. The number of rotatable bonds is 5. The van der Waals surface area contributed by atoms with Crippen LogP contribution in [0.3, 0.4) is 0 Å². The van der Waals surface area contributed by atoms with Crippen molar-refractivity contribution in [2.75, 3.05) is 16.8 Å². The molecule has 0 spiro atoms. The molecule has 7 heteroatoms. The quantitative estimate of drug-likeness (QED) is 0.589. The molecule has 0 aromatic heterocycles. The second-order valence-corrected chi connectivity index (χ2v) is 7.69. The monoisotopic (exact) mass is 436 g/mol. The highest BCUT2D eigenvalue weighted by Crippen LogP contribution is 2.28. The number of hydrogen-bond acceptors (Lipinski definition) is 3. The van der Waals surface area contributed by atoms with Crippen molar-refractivity contribution in [2.24, 2.45) is 5.92 Å². The van der Waals surface area contributed by atoms with E-state index in [-0.39, 0.29) is 36.1 Å². The predicted octanol–water partition coefficient (Wildman–Crippen LogP) is 4.70. The lowest BCUT2D eigenvalue weighted by Crippen LogP contribution is -2.28. The van der Waals surface area contributed by atoms with E-state index in [9.17, 15) is 18.8 Å². The van der Waals surface area contributed by atoms with E-state index in [1.54, 1.807) is 42.5 Å². The Bertz CT molecular complexity index is 1150. The van der Waals surface area contributed by atoms with Crippen LogP contribution in [0.1, 0.15) is 22.3 Å². The fourth-order valence-corrected chi connectivity index (χ4v) is 3.72. The minimum atomic E-state index is -0.604. The van der Waals surface area contributed by atoms with Crippen LogP contribution in [0.15, 0.2) is 72.8 Å². The lowest BCUT2D eigenvalue weighted by atomic mass is 10.0. The van der Waals surface area contributed by atoms with Crippen molar-refractivity contribution >= 4 is 40.6 Å². The zero-order valence-electron chi connectivity index (χ0n) is 16.3. The molecule has 4 rings (SSSR count). The van der Waals surface area contributed by atoms with E-state index in [2.05, 4.69) is 5.32 Å². The van der Waals surface area contributed by atoms with Crippen LogP contribution in [0, 0.1) is 11.7 Å². The number of ketones is 1. The normalized spacial score (nSPS) is 15.7. The molecule has 2 amide bonds. The number of nitrogens with zero attached hydrogens (tertiary/aromatic N) is 1. The van der Waals surface area contributed by atoms with Gasteiger partial charge in [-0.05, 0) is 42.5 Å². The summed E-state index contributed by atoms with van der Waals surface area (Å²) in [5.74, 6) is -1.87.